The monoisotopic (exact) mass is 463 g/mol. The maximum Gasteiger partial charge on any atom is 0.161 e. The lowest BCUT2D eigenvalue weighted by Crippen LogP contribution is -2.28. The molecule has 4 heteroatoms. The summed E-state index contributed by atoms with van der Waals surface area (Å²) in [7, 11) is 1.70. The van der Waals surface area contributed by atoms with Gasteiger partial charge in [0.25, 0.3) is 0 Å². The van der Waals surface area contributed by atoms with Crippen molar-refractivity contribution in [2.45, 2.75) is 26.0 Å². The first-order valence-electron chi connectivity index (χ1n) is 10.2. The van der Waals surface area contributed by atoms with E-state index in [1.54, 1.807) is 7.11 Å². The van der Waals surface area contributed by atoms with Gasteiger partial charge in [0.2, 0.25) is 0 Å². The third-order valence-electron chi connectivity index (χ3n) is 5.46. The standard InChI is InChI=1S/C26H26BrNO2/c1-18-14-22(27)10-8-20(18)9-11-24-23-16-25(29-2)26(15-21(23)12-13-28-24)30-17-19-6-4-3-5-7-19/h3-11,14-16,24,28H,12-13,17H2,1-2H3/b11-9+. The largest absolute Gasteiger partial charge is 0.493 e. The highest BCUT2D eigenvalue weighted by atomic mass is 79.9. The second-order valence-corrected chi connectivity index (χ2v) is 8.43. The Morgan fingerprint density at radius 3 is 2.67 bits per heavy atom. The molecule has 0 aliphatic carbocycles. The summed E-state index contributed by atoms with van der Waals surface area (Å²) in [4.78, 5) is 0. The second-order valence-electron chi connectivity index (χ2n) is 7.52. The molecule has 3 nitrogen and oxygen atoms in total. The molecule has 0 spiro atoms. The van der Waals surface area contributed by atoms with Crippen LogP contribution in [0, 0.1) is 6.92 Å². The number of methoxy groups -OCH3 is 1. The van der Waals surface area contributed by atoms with E-state index in [1.165, 1.54) is 22.3 Å². The summed E-state index contributed by atoms with van der Waals surface area (Å²) in [5, 5.41) is 3.61. The normalized spacial score (nSPS) is 15.8. The molecule has 1 unspecified atom stereocenters. The molecule has 1 heterocycles. The maximum absolute atomic E-state index is 6.10. The van der Waals surface area contributed by atoms with E-state index >= 15 is 0 Å². The molecule has 0 aromatic heterocycles. The number of rotatable bonds is 6. The first-order chi connectivity index (χ1) is 14.6. The Morgan fingerprint density at radius 2 is 1.90 bits per heavy atom. The Labute approximate surface area is 186 Å². The van der Waals surface area contributed by atoms with Gasteiger partial charge < -0.3 is 14.8 Å². The van der Waals surface area contributed by atoms with Gasteiger partial charge in [-0.2, -0.15) is 0 Å². The molecule has 0 radical (unpaired) electrons. The first kappa shape index (κ1) is 20.7. The Kier molecular flexibility index (Phi) is 6.56. The summed E-state index contributed by atoms with van der Waals surface area (Å²) in [6, 6.07) is 21.0. The highest BCUT2D eigenvalue weighted by molar-refractivity contribution is 9.10. The highest BCUT2D eigenvalue weighted by Crippen LogP contribution is 2.36. The van der Waals surface area contributed by atoms with E-state index in [1.807, 2.05) is 18.2 Å². The minimum atomic E-state index is 0.147. The smallest absolute Gasteiger partial charge is 0.161 e. The van der Waals surface area contributed by atoms with Crippen molar-refractivity contribution < 1.29 is 9.47 Å². The van der Waals surface area contributed by atoms with Gasteiger partial charge in [-0.3, -0.25) is 0 Å². The fourth-order valence-corrected chi connectivity index (χ4v) is 4.28. The minimum Gasteiger partial charge on any atom is -0.493 e. The molecule has 1 aliphatic heterocycles. The molecule has 0 fully saturated rings. The van der Waals surface area contributed by atoms with Crippen LogP contribution in [0.4, 0.5) is 0 Å². The van der Waals surface area contributed by atoms with Gasteiger partial charge in [-0.15, -0.1) is 0 Å². The van der Waals surface area contributed by atoms with Crippen LogP contribution in [-0.4, -0.2) is 13.7 Å². The van der Waals surface area contributed by atoms with E-state index in [2.05, 4.69) is 82.8 Å². The fraction of sp³-hybridized carbons (Fsp3) is 0.231. The average Bonchev–Trinajstić information content (AvgIpc) is 2.77. The number of benzene rings is 3. The zero-order chi connectivity index (χ0) is 20.9. The summed E-state index contributed by atoms with van der Waals surface area (Å²) in [6.07, 6.45) is 5.40. The Balaban J connectivity index is 1.57. The fourth-order valence-electron chi connectivity index (χ4n) is 3.80. The molecule has 0 amide bonds. The third-order valence-corrected chi connectivity index (χ3v) is 5.95. The molecule has 154 valence electrons. The lowest BCUT2D eigenvalue weighted by Gasteiger charge is -2.26. The van der Waals surface area contributed by atoms with Crippen molar-refractivity contribution in [3.8, 4) is 11.5 Å². The molecule has 1 aliphatic rings. The molecule has 0 bridgehead atoms. The van der Waals surface area contributed by atoms with Crippen LogP contribution in [-0.2, 0) is 13.0 Å². The van der Waals surface area contributed by atoms with E-state index < -0.39 is 0 Å². The van der Waals surface area contributed by atoms with Crippen molar-refractivity contribution in [2.24, 2.45) is 0 Å². The average molecular weight is 464 g/mol. The second kappa shape index (κ2) is 9.50. The van der Waals surface area contributed by atoms with Crippen LogP contribution in [0.25, 0.3) is 6.08 Å². The summed E-state index contributed by atoms with van der Waals surface area (Å²) in [5.41, 5.74) is 6.17. The van der Waals surface area contributed by atoms with Gasteiger partial charge in [-0.05, 0) is 65.4 Å². The molecular formula is C26H26BrNO2. The zero-order valence-electron chi connectivity index (χ0n) is 17.3. The Bertz CT molecular complexity index is 1050. The van der Waals surface area contributed by atoms with Crippen molar-refractivity contribution in [3.63, 3.8) is 0 Å². The topological polar surface area (TPSA) is 30.5 Å². The maximum atomic E-state index is 6.10. The number of aryl methyl sites for hydroxylation is 1. The molecule has 3 aromatic rings. The predicted octanol–water partition coefficient (Wildman–Crippen LogP) is 6.25. The van der Waals surface area contributed by atoms with E-state index in [4.69, 9.17) is 9.47 Å². The summed E-state index contributed by atoms with van der Waals surface area (Å²) in [6.45, 7) is 3.60. The predicted molar refractivity (Wildman–Crippen MR) is 126 cm³/mol. The lowest BCUT2D eigenvalue weighted by atomic mass is 9.92. The van der Waals surface area contributed by atoms with Crippen LogP contribution in [0.3, 0.4) is 0 Å². The van der Waals surface area contributed by atoms with Crippen molar-refractivity contribution in [2.75, 3.05) is 13.7 Å². The molecule has 1 N–H and O–H groups in total. The van der Waals surface area contributed by atoms with E-state index in [0.29, 0.717) is 6.61 Å². The van der Waals surface area contributed by atoms with Crippen molar-refractivity contribution in [3.05, 3.63) is 99.0 Å². The van der Waals surface area contributed by atoms with Crippen LogP contribution in [0.1, 0.15) is 33.9 Å². The van der Waals surface area contributed by atoms with Gasteiger partial charge in [0.1, 0.15) is 6.61 Å². The molecule has 3 aromatic carbocycles. The van der Waals surface area contributed by atoms with Gasteiger partial charge >= 0.3 is 0 Å². The Morgan fingerprint density at radius 1 is 1.07 bits per heavy atom. The van der Waals surface area contributed by atoms with Crippen LogP contribution in [0.2, 0.25) is 0 Å². The van der Waals surface area contributed by atoms with Crippen LogP contribution in [0.5, 0.6) is 11.5 Å². The summed E-state index contributed by atoms with van der Waals surface area (Å²) >= 11 is 3.53. The van der Waals surface area contributed by atoms with Crippen LogP contribution < -0.4 is 14.8 Å². The number of ether oxygens (including phenoxy) is 2. The number of fused-ring (bicyclic) bond motifs is 1. The molecule has 30 heavy (non-hydrogen) atoms. The lowest BCUT2D eigenvalue weighted by molar-refractivity contribution is 0.283. The molecule has 0 saturated heterocycles. The van der Waals surface area contributed by atoms with Crippen LogP contribution >= 0.6 is 15.9 Å². The van der Waals surface area contributed by atoms with Crippen molar-refractivity contribution >= 4 is 22.0 Å². The summed E-state index contributed by atoms with van der Waals surface area (Å²) in [5.74, 6) is 1.57. The molecular weight excluding hydrogens is 438 g/mol. The van der Waals surface area contributed by atoms with Gasteiger partial charge in [-0.25, -0.2) is 0 Å². The molecule has 0 saturated carbocycles. The third kappa shape index (κ3) is 4.77. The van der Waals surface area contributed by atoms with Crippen molar-refractivity contribution in [1.82, 2.24) is 5.32 Å². The van der Waals surface area contributed by atoms with Gasteiger partial charge in [0.15, 0.2) is 11.5 Å². The first-order valence-corrected chi connectivity index (χ1v) is 11.0. The van der Waals surface area contributed by atoms with Crippen LogP contribution in [0.15, 0.2) is 71.2 Å². The molecule has 4 rings (SSSR count). The SMILES string of the molecule is COc1cc2c(cc1OCc1ccccc1)CCNC2/C=C/c1ccc(Br)cc1C. The van der Waals surface area contributed by atoms with Gasteiger partial charge in [0, 0.05) is 11.0 Å². The van der Waals surface area contributed by atoms with E-state index in [0.717, 1.165) is 34.5 Å². The zero-order valence-corrected chi connectivity index (χ0v) is 18.9. The molecule has 1 atom stereocenters. The number of nitrogens with one attached hydrogen (secondary N) is 1. The number of hydrogen-bond acceptors (Lipinski definition) is 3. The van der Waals surface area contributed by atoms with Crippen molar-refractivity contribution in [1.29, 1.82) is 0 Å². The van der Waals surface area contributed by atoms with E-state index in [9.17, 15) is 0 Å². The highest BCUT2D eigenvalue weighted by Gasteiger charge is 2.21. The van der Waals surface area contributed by atoms with E-state index in [-0.39, 0.29) is 6.04 Å². The Hall–Kier alpha value is -2.56. The number of halogens is 1. The quantitative estimate of drug-likeness (QED) is 0.468. The minimum absolute atomic E-state index is 0.147. The van der Waals surface area contributed by atoms with Gasteiger partial charge in [0.05, 0.1) is 13.2 Å². The van der Waals surface area contributed by atoms with Gasteiger partial charge in [-0.1, -0.05) is 64.5 Å². The number of hydrogen-bond donors (Lipinski definition) is 1. The summed E-state index contributed by atoms with van der Waals surface area (Å²) < 4.78 is 12.9.